The molecule has 0 radical (unpaired) electrons. The molecule has 8 heavy (non-hydrogen) atoms. The molecule has 0 aromatic rings. The molecular weight excluding hydrogens is 123 g/mol. The fourth-order valence-corrected chi connectivity index (χ4v) is 0.885. The summed E-state index contributed by atoms with van der Waals surface area (Å²) in [6.07, 6.45) is 4.64. The molecule has 0 N–H and O–H groups in total. The van der Waals surface area contributed by atoms with Crippen molar-refractivity contribution in [2.24, 2.45) is 0 Å². The zero-order chi connectivity index (χ0) is 6.41. The first kappa shape index (κ1) is 8.28. The molecule has 0 rings (SSSR count). The Labute approximate surface area is 54.9 Å². The predicted molar refractivity (Wildman–Crippen MR) is 37.9 cm³/mol. The van der Waals surface area contributed by atoms with Crippen molar-refractivity contribution in [2.45, 2.75) is 31.7 Å². The topological polar surface area (TPSA) is 0 Å². The minimum Gasteiger partial charge on any atom is -0.236 e. The molecule has 0 aliphatic carbocycles. The lowest BCUT2D eigenvalue weighted by Crippen LogP contribution is -1.90. The van der Waals surface area contributed by atoms with Gasteiger partial charge >= 0.3 is 0 Å². The molecule has 0 aromatic carbocycles. The van der Waals surface area contributed by atoms with E-state index < -0.39 is 5.50 Å². The highest BCUT2D eigenvalue weighted by atomic mass is 32.2. The van der Waals surface area contributed by atoms with E-state index in [9.17, 15) is 4.39 Å². The first-order chi connectivity index (χ1) is 3.81. The molecule has 0 bridgehead atoms. The first-order valence-corrected chi connectivity index (χ1v) is 4.27. The van der Waals surface area contributed by atoms with E-state index in [0.717, 1.165) is 19.3 Å². The highest BCUT2D eigenvalue weighted by molar-refractivity contribution is 7.99. The number of unbranched alkanes of at least 4 members (excludes halogenated alkanes) is 1. The Morgan fingerprint density at radius 1 is 1.62 bits per heavy atom. The van der Waals surface area contributed by atoms with Gasteiger partial charge in [0, 0.05) is 0 Å². The Kier molecular flexibility index (Phi) is 5.61. The third-order valence-corrected chi connectivity index (χ3v) is 1.79. The van der Waals surface area contributed by atoms with Crippen LogP contribution in [0.2, 0.25) is 0 Å². The van der Waals surface area contributed by atoms with E-state index >= 15 is 0 Å². The van der Waals surface area contributed by atoms with Crippen molar-refractivity contribution < 1.29 is 4.39 Å². The monoisotopic (exact) mass is 136 g/mol. The Morgan fingerprint density at radius 2 is 2.25 bits per heavy atom. The summed E-state index contributed by atoms with van der Waals surface area (Å²) < 4.78 is 12.3. The lowest BCUT2D eigenvalue weighted by molar-refractivity contribution is 0.419. The van der Waals surface area contributed by atoms with Crippen LogP contribution >= 0.6 is 11.8 Å². The molecule has 0 aliphatic heterocycles. The molecule has 0 saturated heterocycles. The fourth-order valence-electron chi connectivity index (χ4n) is 0.482. The van der Waals surface area contributed by atoms with Gasteiger partial charge in [-0.1, -0.05) is 13.3 Å². The van der Waals surface area contributed by atoms with Crippen LogP contribution in [0.15, 0.2) is 0 Å². The van der Waals surface area contributed by atoms with Crippen LogP contribution in [0.5, 0.6) is 0 Å². The summed E-state index contributed by atoms with van der Waals surface area (Å²) in [5.41, 5.74) is -0.630. The first-order valence-electron chi connectivity index (χ1n) is 2.98. The van der Waals surface area contributed by atoms with Crippen molar-refractivity contribution >= 4 is 11.8 Å². The number of hydrogen-bond donors (Lipinski definition) is 0. The molecule has 0 aliphatic rings. The molecule has 0 aromatic heterocycles. The number of halogens is 1. The number of thioether (sulfide) groups is 1. The van der Waals surface area contributed by atoms with E-state index in [1.165, 1.54) is 11.8 Å². The SMILES string of the molecule is CCCCC(F)SC. The van der Waals surface area contributed by atoms with Crippen LogP contribution in [0.3, 0.4) is 0 Å². The van der Waals surface area contributed by atoms with Gasteiger partial charge in [0.15, 0.2) is 0 Å². The number of alkyl halides is 1. The molecule has 0 fully saturated rings. The van der Waals surface area contributed by atoms with Gasteiger partial charge in [-0.3, -0.25) is 0 Å². The normalized spacial score (nSPS) is 13.9. The van der Waals surface area contributed by atoms with Gasteiger partial charge in [0.2, 0.25) is 0 Å². The molecule has 0 saturated carbocycles. The maximum Gasteiger partial charge on any atom is 0.145 e. The van der Waals surface area contributed by atoms with E-state index in [-0.39, 0.29) is 0 Å². The average Bonchev–Trinajstić information content (AvgIpc) is 1.83. The second-order valence-corrected chi connectivity index (χ2v) is 2.77. The smallest absolute Gasteiger partial charge is 0.145 e. The quantitative estimate of drug-likeness (QED) is 0.572. The largest absolute Gasteiger partial charge is 0.236 e. The molecule has 1 atom stereocenters. The Hall–Kier alpha value is 0.280. The fraction of sp³-hybridized carbons (Fsp3) is 1.00. The van der Waals surface area contributed by atoms with E-state index in [1.54, 1.807) is 6.26 Å². The van der Waals surface area contributed by atoms with E-state index in [0.29, 0.717) is 0 Å². The van der Waals surface area contributed by atoms with Crippen LogP contribution < -0.4 is 0 Å². The highest BCUT2D eigenvalue weighted by Crippen LogP contribution is 2.14. The Morgan fingerprint density at radius 3 is 2.62 bits per heavy atom. The third-order valence-electron chi connectivity index (χ3n) is 1.04. The highest BCUT2D eigenvalue weighted by Gasteiger charge is 1.99. The van der Waals surface area contributed by atoms with Crippen LogP contribution in [0.1, 0.15) is 26.2 Å². The van der Waals surface area contributed by atoms with E-state index in [1.807, 2.05) is 0 Å². The summed E-state index contributed by atoms with van der Waals surface area (Å²) in [5, 5.41) is 0. The van der Waals surface area contributed by atoms with E-state index in [4.69, 9.17) is 0 Å². The minimum absolute atomic E-state index is 0.630. The van der Waals surface area contributed by atoms with Gasteiger partial charge in [0.25, 0.3) is 0 Å². The van der Waals surface area contributed by atoms with Crippen molar-refractivity contribution in [3.8, 4) is 0 Å². The van der Waals surface area contributed by atoms with E-state index in [2.05, 4.69) is 6.92 Å². The number of rotatable bonds is 4. The lowest BCUT2D eigenvalue weighted by atomic mass is 10.3. The summed E-state index contributed by atoms with van der Waals surface area (Å²) in [7, 11) is 0. The van der Waals surface area contributed by atoms with Crippen molar-refractivity contribution in [3.63, 3.8) is 0 Å². The zero-order valence-electron chi connectivity index (χ0n) is 5.48. The lowest BCUT2D eigenvalue weighted by Gasteiger charge is -2.00. The van der Waals surface area contributed by atoms with Gasteiger partial charge in [-0.15, -0.1) is 11.8 Å². The van der Waals surface area contributed by atoms with Gasteiger partial charge in [0.05, 0.1) is 0 Å². The molecule has 1 unspecified atom stereocenters. The van der Waals surface area contributed by atoms with Crippen LogP contribution in [-0.4, -0.2) is 11.8 Å². The standard InChI is InChI=1S/C6H13FS/c1-3-4-5-6(7)8-2/h6H,3-5H2,1-2H3. The molecule has 2 heteroatoms. The minimum atomic E-state index is -0.630. The summed E-state index contributed by atoms with van der Waals surface area (Å²) in [6.45, 7) is 2.08. The van der Waals surface area contributed by atoms with Crippen LogP contribution in [-0.2, 0) is 0 Å². The van der Waals surface area contributed by atoms with Gasteiger partial charge in [0.1, 0.15) is 5.50 Å². The number of hydrogen-bond acceptors (Lipinski definition) is 1. The van der Waals surface area contributed by atoms with Gasteiger partial charge in [-0.05, 0) is 19.1 Å². The zero-order valence-corrected chi connectivity index (χ0v) is 6.30. The molecule has 0 amide bonds. The molecular formula is C6H13FS. The van der Waals surface area contributed by atoms with Crippen LogP contribution in [0.25, 0.3) is 0 Å². The van der Waals surface area contributed by atoms with Crippen LogP contribution in [0.4, 0.5) is 4.39 Å². The summed E-state index contributed by atoms with van der Waals surface area (Å²) in [4.78, 5) is 0. The second kappa shape index (κ2) is 5.42. The van der Waals surface area contributed by atoms with Crippen molar-refractivity contribution in [2.75, 3.05) is 6.26 Å². The second-order valence-electron chi connectivity index (χ2n) is 1.79. The molecule has 50 valence electrons. The average molecular weight is 136 g/mol. The van der Waals surface area contributed by atoms with Crippen molar-refractivity contribution in [3.05, 3.63) is 0 Å². The van der Waals surface area contributed by atoms with Gasteiger partial charge in [-0.2, -0.15) is 0 Å². The van der Waals surface area contributed by atoms with Gasteiger partial charge in [-0.25, -0.2) is 4.39 Å². The summed E-state index contributed by atoms with van der Waals surface area (Å²) in [6, 6.07) is 0. The predicted octanol–water partition coefficient (Wildman–Crippen LogP) is 2.84. The molecule has 0 nitrogen and oxygen atoms in total. The molecule has 0 spiro atoms. The maximum absolute atomic E-state index is 12.3. The van der Waals surface area contributed by atoms with Crippen LogP contribution in [0, 0.1) is 0 Å². The van der Waals surface area contributed by atoms with Crippen molar-refractivity contribution in [1.29, 1.82) is 0 Å². The Bertz CT molecular complexity index is 47.8. The third kappa shape index (κ3) is 4.44. The summed E-state index contributed by atoms with van der Waals surface area (Å²) in [5.74, 6) is 0. The Balaban J connectivity index is 2.86. The summed E-state index contributed by atoms with van der Waals surface area (Å²) >= 11 is 1.30. The van der Waals surface area contributed by atoms with Crippen molar-refractivity contribution in [1.82, 2.24) is 0 Å². The van der Waals surface area contributed by atoms with Gasteiger partial charge < -0.3 is 0 Å². The maximum atomic E-state index is 12.3. The molecule has 0 heterocycles.